The average molecular weight is 371 g/mol. The van der Waals surface area contributed by atoms with Crippen LogP contribution in [-0.4, -0.2) is 24.0 Å². The molecule has 0 saturated carbocycles. The highest BCUT2D eigenvalue weighted by molar-refractivity contribution is 8.18. The van der Waals surface area contributed by atoms with Crippen LogP contribution in [0.15, 0.2) is 58.3 Å². The second kappa shape index (κ2) is 8.27. The molecule has 1 heterocycles. The normalized spacial score (nSPS) is 15.5. The molecule has 0 bridgehead atoms. The maximum absolute atomic E-state index is 11.5. The lowest BCUT2D eigenvalue weighted by molar-refractivity contribution is -0.115. The smallest absolute Gasteiger partial charge is 0.290 e. The quantitative estimate of drug-likeness (QED) is 0.604. The van der Waals surface area contributed by atoms with Gasteiger partial charge in [-0.15, -0.1) is 11.8 Å². The SMILES string of the molecule is CSc1ccc(CCOc2ccc(C=C3SC(=O)NC3=O)cc2)cc1. The Morgan fingerprint density at radius 3 is 2.40 bits per heavy atom. The molecule has 1 fully saturated rings. The van der Waals surface area contributed by atoms with Gasteiger partial charge in [0, 0.05) is 11.3 Å². The Morgan fingerprint density at radius 1 is 1.08 bits per heavy atom. The van der Waals surface area contributed by atoms with Crippen LogP contribution in [-0.2, 0) is 11.2 Å². The summed E-state index contributed by atoms with van der Waals surface area (Å²) in [6, 6.07) is 15.9. The molecule has 1 saturated heterocycles. The monoisotopic (exact) mass is 371 g/mol. The van der Waals surface area contributed by atoms with E-state index >= 15 is 0 Å². The molecule has 6 heteroatoms. The molecule has 0 unspecified atom stereocenters. The van der Waals surface area contributed by atoms with E-state index < -0.39 is 0 Å². The van der Waals surface area contributed by atoms with Gasteiger partial charge in [-0.05, 0) is 59.5 Å². The predicted molar refractivity (Wildman–Crippen MR) is 103 cm³/mol. The number of rotatable bonds is 6. The van der Waals surface area contributed by atoms with Crippen molar-refractivity contribution in [2.45, 2.75) is 11.3 Å². The van der Waals surface area contributed by atoms with Crippen molar-refractivity contribution in [1.29, 1.82) is 0 Å². The van der Waals surface area contributed by atoms with Crippen LogP contribution in [0.5, 0.6) is 5.75 Å². The van der Waals surface area contributed by atoms with Crippen molar-refractivity contribution < 1.29 is 14.3 Å². The van der Waals surface area contributed by atoms with E-state index in [-0.39, 0.29) is 11.1 Å². The number of amides is 2. The number of imide groups is 1. The number of carbonyl (C=O) groups excluding carboxylic acids is 2. The van der Waals surface area contributed by atoms with Gasteiger partial charge in [0.05, 0.1) is 11.5 Å². The van der Waals surface area contributed by atoms with Crippen LogP contribution in [0.3, 0.4) is 0 Å². The molecule has 1 aliphatic rings. The van der Waals surface area contributed by atoms with Gasteiger partial charge in [0.25, 0.3) is 11.1 Å². The summed E-state index contributed by atoms with van der Waals surface area (Å²) in [5.74, 6) is 0.435. The first-order valence-electron chi connectivity index (χ1n) is 7.75. The van der Waals surface area contributed by atoms with Gasteiger partial charge >= 0.3 is 0 Å². The van der Waals surface area contributed by atoms with Gasteiger partial charge in [0.15, 0.2) is 0 Å². The first-order chi connectivity index (χ1) is 12.1. The van der Waals surface area contributed by atoms with Crippen molar-refractivity contribution in [1.82, 2.24) is 5.32 Å². The van der Waals surface area contributed by atoms with Crippen LogP contribution >= 0.6 is 23.5 Å². The number of carbonyl (C=O) groups is 2. The van der Waals surface area contributed by atoms with Crippen LogP contribution < -0.4 is 10.1 Å². The number of hydrogen-bond acceptors (Lipinski definition) is 5. The fourth-order valence-corrected chi connectivity index (χ4v) is 3.40. The number of ether oxygens (including phenoxy) is 1. The van der Waals surface area contributed by atoms with Gasteiger partial charge < -0.3 is 4.74 Å². The van der Waals surface area contributed by atoms with Gasteiger partial charge in [-0.3, -0.25) is 14.9 Å². The first-order valence-corrected chi connectivity index (χ1v) is 9.79. The summed E-state index contributed by atoms with van der Waals surface area (Å²) in [4.78, 5) is 24.3. The highest BCUT2D eigenvalue weighted by Crippen LogP contribution is 2.26. The molecule has 3 rings (SSSR count). The summed E-state index contributed by atoms with van der Waals surface area (Å²) < 4.78 is 5.77. The molecule has 0 aromatic heterocycles. The molecule has 0 spiro atoms. The number of hydrogen-bond donors (Lipinski definition) is 1. The zero-order chi connectivity index (χ0) is 17.6. The summed E-state index contributed by atoms with van der Waals surface area (Å²) in [5.41, 5.74) is 2.10. The average Bonchev–Trinajstić information content (AvgIpc) is 2.94. The third kappa shape index (κ3) is 4.90. The fraction of sp³-hybridized carbons (Fsp3) is 0.158. The summed E-state index contributed by atoms with van der Waals surface area (Å²) in [6.45, 7) is 0.603. The molecule has 2 amide bonds. The van der Waals surface area contributed by atoms with Gasteiger partial charge in [0.2, 0.25) is 0 Å². The lowest BCUT2D eigenvalue weighted by atomic mass is 10.1. The van der Waals surface area contributed by atoms with Gasteiger partial charge in [-0.25, -0.2) is 0 Å². The van der Waals surface area contributed by atoms with E-state index in [1.54, 1.807) is 17.8 Å². The minimum atomic E-state index is -0.345. The largest absolute Gasteiger partial charge is 0.493 e. The summed E-state index contributed by atoms with van der Waals surface area (Å²) in [5, 5.41) is 1.91. The molecular formula is C19H17NO3S2. The summed E-state index contributed by atoms with van der Waals surface area (Å²) >= 11 is 2.65. The predicted octanol–water partition coefficient (Wildman–Crippen LogP) is 4.35. The molecule has 0 aliphatic carbocycles. The maximum atomic E-state index is 11.5. The van der Waals surface area contributed by atoms with E-state index in [1.165, 1.54) is 10.5 Å². The van der Waals surface area contributed by atoms with E-state index in [4.69, 9.17) is 4.74 Å². The molecule has 2 aromatic rings. The van der Waals surface area contributed by atoms with E-state index in [1.807, 2.05) is 24.3 Å². The molecule has 128 valence electrons. The molecule has 25 heavy (non-hydrogen) atoms. The maximum Gasteiger partial charge on any atom is 0.290 e. The topological polar surface area (TPSA) is 55.4 Å². The van der Waals surface area contributed by atoms with E-state index in [9.17, 15) is 9.59 Å². The standard InChI is InChI=1S/C19H17NO3S2/c1-24-16-8-4-13(5-9-16)10-11-23-15-6-2-14(3-7-15)12-17-18(21)20-19(22)25-17/h2-9,12H,10-11H2,1H3,(H,20,21,22). The summed E-state index contributed by atoms with van der Waals surface area (Å²) in [7, 11) is 0. The lowest BCUT2D eigenvalue weighted by Gasteiger charge is -2.07. The van der Waals surface area contributed by atoms with Crippen LogP contribution in [0.2, 0.25) is 0 Å². The van der Waals surface area contributed by atoms with Crippen LogP contribution in [0.25, 0.3) is 6.08 Å². The van der Waals surface area contributed by atoms with Gasteiger partial charge in [-0.1, -0.05) is 24.3 Å². The van der Waals surface area contributed by atoms with Crippen molar-refractivity contribution in [3.8, 4) is 5.75 Å². The molecular weight excluding hydrogens is 354 g/mol. The highest BCUT2D eigenvalue weighted by Gasteiger charge is 2.24. The minimum Gasteiger partial charge on any atom is -0.493 e. The molecule has 2 aromatic carbocycles. The number of thioether (sulfide) groups is 2. The first kappa shape index (κ1) is 17.6. The van der Waals surface area contributed by atoms with Crippen molar-refractivity contribution >= 4 is 40.7 Å². The zero-order valence-corrected chi connectivity index (χ0v) is 15.3. The second-order valence-corrected chi connectivity index (χ2v) is 7.26. The third-order valence-corrected chi connectivity index (χ3v) is 5.19. The van der Waals surface area contributed by atoms with E-state index in [0.29, 0.717) is 11.5 Å². The van der Waals surface area contributed by atoms with Crippen LogP contribution in [0.1, 0.15) is 11.1 Å². The molecule has 1 N–H and O–H groups in total. The van der Waals surface area contributed by atoms with Crippen molar-refractivity contribution in [3.63, 3.8) is 0 Å². The van der Waals surface area contributed by atoms with E-state index in [2.05, 4.69) is 35.8 Å². The highest BCUT2D eigenvalue weighted by atomic mass is 32.2. The van der Waals surface area contributed by atoms with Crippen LogP contribution in [0.4, 0.5) is 4.79 Å². The fourth-order valence-electron chi connectivity index (χ4n) is 2.31. The Labute approximate surface area is 155 Å². The number of nitrogens with one attached hydrogen (secondary N) is 1. The Morgan fingerprint density at radius 2 is 1.80 bits per heavy atom. The third-order valence-electron chi connectivity index (χ3n) is 3.64. The minimum absolute atomic E-state index is 0.332. The Hall–Kier alpha value is -2.18. The van der Waals surface area contributed by atoms with Crippen molar-refractivity contribution in [2.75, 3.05) is 12.9 Å². The summed E-state index contributed by atoms with van der Waals surface area (Å²) in [6.07, 6.45) is 4.61. The Bertz CT molecular complexity index is 798. The van der Waals surface area contributed by atoms with Gasteiger partial charge in [-0.2, -0.15) is 0 Å². The zero-order valence-electron chi connectivity index (χ0n) is 13.7. The van der Waals surface area contributed by atoms with E-state index in [0.717, 1.165) is 29.5 Å². The Kier molecular flexibility index (Phi) is 5.83. The molecule has 0 radical (unpaired) electrons. The second-order valence-electron chi connectivity index (χ2n) is 5.37. The molecule has 1 aliphatic heterocycles. The lowest BCUT2D eigenvalue weighted by Crippen LogP contribution is -2.17. The molecule has 0 atom stereocenters. The molecule has 4 nitrogen and oxygen atoms in total. The van der Waals surface area contributed by atoms with Crippen LogP contribution in [0, 0.1) is 0 Å². The number of benzene rings is 2. The Balaban J connectivity index is 1.53. The van der Waals surface area contributed by atoms with Crippen molar-refractivity contribution in [2.24, 2.45) is 0 Å². The van der Waals surface area contributed by atoms with Crippen molar-refractivity contribution in [3.05, 3.63) is 64.6 Å². The van der Waals surface area contributed by atoms with Gasteiger partial charge in [0.1, 0.15) is 5.75 Å².